The highest BCUT2D eigenvalue weighted by Gasteiger charge is 2.40. The lowest BCUT2D eigenvalue weighted by atomic mass is 9.71. The van der Waals surface area contributed by atoms with Crippen molar-refractivity contribution in [2.45, 2.75) is 32.4 Å². The molecular weight excluding hydrogens is 196 g/mol. The van der Waals surface area contributed by atoms with Crippen LogP contribution in [0.3, 0.4) is 0 Å². The molecule has 1 saturated carbocycles. The number of allylic oxidation sites excluding steroid dienone is 1. The third kappa shape index (κ3) is 1.67. The second kappa shape index (κ2) is 4.02. The number of hydrogen-bond acceptors (Lipinski definition) is 2. The Bertz CT molecular complexity index is 411. The molecule has 84 valence electrons. The summed E-state index contributed by atoms with van der Waals surface area (Å²) in [5, 5.41) is 3.66. The molecule has 0 bridgehead atoms. The smallest absolute Gasteiger partial charge is 0.0315 e. The molecule has 2 aliphatic rings. The molecule has 3 atom stereocenters. The zero-order valence-corrected chi connectivity index (χ0v) is 9.69. The quantitative estimate of drug-likeness (QED) is 0.782. The second-order valence-electron chi connectivity index (χ2n) is 5.03. The highest BCUT2D eigenvalue weighted by atomic mass is 14.9. The maximum atomic E-state index is 4.18. The van der Waals surface area contributed by atoms with Gasteiger partial charge in [-0.2, -0.15) is 0 Å². The molecule has 2 nitrogen and oxygen atoms in total. The summed E-state index contributed by atoms with van der Waals surface area (Å²) >= 11 is 0. The summed E-state index contributed by atoms with van der Waals surface area (Å²) in [5.74, 6) is 1.74. The molecule has 16 heavy (non-hydrogen) atoms. The number of nitrogens with zero attached hydrogens (tertiary/aromatic N) is 1. The molecule has 0 radical (unpaired) electrons. The van der Waals surface area contributed by atoms with Gasteiger partial charge < -0.3 is 5.32 Å². The van der Waals surface area contributed by atoms with E-state index in [1.807, 2.05) is 12.4 Å². The Morgan fingerprint density at radius 3 is 3.25 bits per heavy atom. The van der Waals surface area contributed by atoms with Crippen molar-refractivity contribution >= 4 is 0 Å². The van der Waals surface area contributed by atoms with Crippen molar-refractivity contribution in [3.63, 3.8) is 0 Å². The van der Waals surface area contributed by atoms with Gasteiger partial charge in [0.15, 0.2) is 0 Å². The lowest BCUT2D eigenvalue weighted by Gasteiger charge is -2.40. The van der Waals surface area contributed by atoms with Gasteiger partial charge in [-0.3, -0.25) is 4.98 Å². The Morgan fingerprint density at radius 2 is 2.44 bits per heavy atom. The molecule has 2 heteroatoms. The number of aromatic nitrogens is 1. The minimum atomic E-state index is 0.698. The zero-order valence-electron chi connectivity index (χ0n) is 9.69. The molecule has 0 saturated heterocycles. The zero-order chi connectivity index (χ0) is 11.0. The monoisotopic (exact) mass is 214 g/mol. The third-order valence-electron chi connectivity index (χ3n) is 4.06. The van der Waals surface area contributed by atoms with E-state index in [0.717, 1.165) is 18.4 Å². The van der Waals surface area contributed by atoms with Crippen LogP contribution in [0.5, 0.6) is 0 Å². The van der Waals surface area contributed by atoms with Crippen LogP contribution >= 0.6 is 0 Å². The maximum absolute atomic E-state index is 4.18. The Kier molecular flexibility index (Phi) is 2.52. The Hall–Kier alpha value is -1.15. The summed E-state index contributed by atoms with van der Waals surface area (Å²) in [7, 11) is 0. The number of hydrogen-bond donors (Lipinski definition) is 1. The van der Waals surface area contributed by atoms with Crippen LogP contribution in [-0.4, -0.2) is 11.0 Å². The van der Waals surface area contributed by atoms with Crippen molar-refractivity contribution in [2.24, 2.45) is 11.8 Å². The predicted octanol–water partition coefficient (Wildman–Crippen LogP) is 2.44. The SMILES string of the molecule is Cc1ccncc1CNC1CC2CC=CC21. The van der Waals surface area contributed by atoms with Crippen LogP contribution in [0.4, 0.5) is 0 Å². The van der Waals surface area contributed by atoms with Crippen LogP contribution in [0.25, 0.3) is 0 Å². The third-order valence-corrected chi connectivity index (χ3v) is 4.06. The average molecular weight is 214 g/mol. The fraction of sp³-hybridized carbons (Fsp3) is 0.500. The van der Waals surface area contributed by atoms with E-state index in [2.05, 4.69) is 35.4 Å². The average Bonchev–Trinajstić information content (AvgIpc) is 2.63. The summed E-state index contributed by atoms with van der Waals surface area (Å²) in [4.78, 5) is 4.18. The molecule has 1 N–H and O–H groups in total. The lowest BCUT2D eigenvalue weighted by molar-refractivity contribution is 0.162. The molecule has 1 aromatic heterocycles. The minimum absolute atomic E-state index is 0.698. The highest BCUT2D eigenvalue weighted by molar-refractivity contribution is 5.22. The number of nitrogens with one attached hydrogen (secondary N) is 1. The van der Waals surface area contributed by atoms with Crippen molar-refractivity contribution in [1.29, 1.82) is 0 Å². The number of rotatable bonds is 3. The van der Waals surface area contributed by atoms with Crippen molar-refractivity contribution in [2.75, 3.05) is 0 Å². The van der Waals surface area contributed by atoms with Crippen LogP contribution < -0.4 is 5.32 Å². The Morgan fingerprint density at radius 1 is 1.50 bits per heavy atom. The summed E-state index contributed by atoms with van der Waals surface area (Å²) in [6.07, 6.45) is 11.2. The van der Waals surface area contributed by atoms with Crippen LogP contribution in [0.15, 0.2) is 30.6 Å². The van der Waals surface area contributed by atoms with Crippen LogP contribution in [-0.2, 0) is 6.54 Å². The molecule has 3 rings (SSSR count). The second-order valence-corrected chi connectivity index (χ2v) is 5.03. The standard InChI is InChI=1S/C14H18N2/c1-10-5-6-15-8-12(10)9-16-14-7-11-3-2-4-13(11)14/h2,4-6,8,11,13-14,16H,3,7,9H2,1H3. The van der Waals surface area contributed by atoms with Gasteiger partial charge in [0.2, 0.25) is 0 Å². The highest BCUT2D eigenvalue weighted by Crippen LogP contribution is 2.42. The molecule has 0 amide bonds. The van der Waals surface area contributed by atoms with Crippen LogP contribution in [0.2, 0.25) is 0 Å². The van der Waals surface area contributed by atoms with Crippen molar-refractivity contribution in [3.05, 3.63) is 41.7 Å². The van der Waals surface area contributed by atoms with E-state index < -0.39 is 0 Å². The first-order valence-electron chi connectivity index (χ1n) is 6.14. The molecule has 0 spiro atoms. The first-order chi connectivity index (χ1) is 7.84. The fourth-order valence-electron chi connectivity index (χ4n) is 2.87. The molecular formula is C14H18N2. The van der Waals surface area contributed by atoms with E-state index in [9.17, 15) is 0 Å². The minimum Gasteiger partial charge on any atom is -0.309 e. The van der Waals surface area contributed by atoms with E-state index in [1.54, 1.807) is 0 Å². The molecule has 2 aliphatic carbocycles. The van der Waals surface area contributed by atoms with Gasteiger partial charge in [-0.15, -0.1) is 0 Å². The van der Waals surface area contributed by atoms with Crippen molar-refractivity contribution in [1.82, 2.24) is 10.3 Å². The van der Waals surface area contributed by atoms with E-state index in [1.165, 1.54) is 24.0 Å². The Balaban J connectivity index is 1.58. The predicted molar refractivity (Wildman–Crippen MR) is 65.0 cm³/mol. The topological polar surface area (TPSA) is 24.9 Å². The number of aryl methyl sites for hydroxylation is 1. The van der Waals surface area contributed by atoms with Crippen LogP contribution in [0, 0.1) is 18.8 Å². The van der Waals surface area contributed by atoms with Gasteiger partial charge in [0.05, 0.1) is 0 Å². The molecule has 1 aromatic rings. The summed E-state index contributed by atoms with van der Waals surface area (Å²) in [6, 6.07) is 2.78. The van der Waals surface area contributed by atoms with E-state index in [-0.39, 0.29) is 0 Å². The van der Waals surface area contributed by atoms with Gasteiger partial charge in [0, 0.05) is 25.0 Å². The largest absolute Gasteiger partial charge is 0.309 e. The summed E-state index contributed by atoms with van der Waals surface area (Å²) < 4.78 is 0. The van der Waals surface area contributed by atoms with E-state index in [4.69, 9.17) is 0 Å². The summed E-state index contributed by atoms with van der Waals surface area (Å²) in [6.45, 7) is 3.11. The number of pyridine rings is 1. The normalized spacial score (nSPS) is 31.2. The molecule has 0 aliphatic heterocycles. The first-order valence-corrected chi connectivity index (χ1v) is 6.14. The van der Waals surface area contributed by atoms with Gasteiger partial charge in [0.25, 0.3) is 0 Å². The van der Waals surface area contributed by atoms with Crippen molar-refractivity contribution < 1.29 is 0 Å². The lowest BCUT2D eigenvalue weighted by Crippen LogP contribution is -2.47. The number of fused-ring (bicyclic) bond motifs is 1. The van der Waals surface area contributed by atoms with Gasteiger partial charge in [0.1, 0.15) is 0 Å². The molecule has 1 fully saturated rings. The Labute approximate surface area is 96.8 Å². The maximum Gasteiger partial charge on any atom is 0.0315 e. The summed E-state index contributed by atoms with van der Waals surface area (Å²) in [5.41, 5.74) is 2.66. The molecule has 1 heterocycles. The van der Waals surface area contributed by atoms with Gasteiger partial charge >= 0.3 is 0 Å². The fourth-order valence-corrected chi connectivity index (χ4v) is 2.87. The van der Waals surface area contributed by atoms with Crippen molar-refractivity contribution in [3.8, 4) is 0 Å². The van der Waals surface area contributed by atoms with Gasteiger partial charge in [-0.25, -0.2) is 0 Å². The molecule has 0 aromatic carbocycles. The first kappa shape index (κ1) is 10.0. The van der Waals surface area contributed by atoms with Gasteiger partial charge in [-0.1, -0.05) is 12.2 Å². The van der Waals surface area contributed by atoms with Gasteiger partial charge in [-0.05, 0) is 48.8 Å². The van der Waals surface area contributed by atoms with Crippen LogP contribution in [0.1, 0.15) is 24.0 Å². The van der Waals surface area contributed by atoms with E-state index in [0.29, 0.717) is 6.04 Å². The molecule has 3 unspecified atom stereocenters. The van der Waals surface area contributed by atoms with E-state index >= 15 is 0 Å².